The van der Waals surface area contributed by atoms with Crippen LogP contribution in [0.15, 0.2) is 24.3 Å². The van der Waals surface area contributed by atoms with Crippen LogP contribution in [0.1, 0.15) is 24.0 Å². The highest BCUT2D eigenvalue weighted by atomic mass is 32.2. The lowest BCUT2D eigenvalue weighted by Crippen LogP contribution is -2.39. The molecule has 94 valence electrons. The van der Waals surface area contributed by atoms with Crippen molar-refractivity contribution >= 4 is 9.84 Å². The van der Waals surface area contributed by atoms with E-state index >= 15 is 0 Å². The molecule has 0 radical (unpaired) electrons. The third-order valence-electron chi connectivity index (χ3n) is 3.31. The fraction of sp³-hybridized carbons (Fsp3) is 0.538. The number of benzene rings is 1. The molecule has 1 N–H and O–H groups in total. The molecule has 1 atom stereocenters. The Morgan fingerprint density at radius 1 is 1.35 bits per heavy atom. The minimum Gasteiger partial charge on any atom is -0.309 e. The number of rotatable bonds is 3. The van der Waals surface area contributed by atoms with E-state index in [1.165, 1.54) is 11.1 Å². The van der Waals surface area contributed by atoms with Crippen LogP contribution in [0.5, 0.6) is 0 Å². The maximum Gasteiger partial charge on any atom is 0.151 e. The molecule has 1 aliphatic heterocycles. The van der Waals surface area contributed by atoms with Gasteiger partial charge in [-0.15, -0.1) is 0 Å². The Balaban J connectivity index is 1.93. The molecule has 17 heavy (non-hydrogen) atoms. The highest BCUT2D eigenvalue weighted by molar-refractivity contribution is 7.91. The lowest BCUT2D eigenvalue weighted by atomic mass is 10.1. The Bertz CT molecular complexity index is 482. The molecule has 0 aliphatic carbocycles. The number of aryl methyl sites for hydroxylation is 1. The molecule has 2 rings (SSSR count). The summed E-state index contributed by atoms with van der Waals surface area (Å²) in [4.78, 5) is 0. The monoisotopic (exact) mass is 253 g/mol. The van der Waals surface area contributed by atoms with Crippen molar-refractivity contribution in [2.45, 2.75) is 32.4 Å². The molecular weight excluding hydrogens is 234 g/mol. The molecule has 3 nitrogen and oxygen atoms in total. The van der Waals surface area contributed by atoms with E-state index in [1.54, 1.807) is 0 Å². The van der Waals surface area contributed by atoms with Crippen molar-refractivity contribution in [2.24, 2.45) is 0 Å². The first-order chi connectivity index (χ1) is 8.07. The van der Waals surface area contributed by atoms with Crippen LogP contribution in [-0.4, -0.2) is 26.0 Å². The highest BCUT2D eigenvalue weighted by Crippen LogP contribution is 2.13. The molecule has 1 saturated heterocycles. The average molecular weight is 253 g/mol. The SMILES string of the molecule is Cc1ccccc1CNC1CCCS(=O)(=O)C1. The minimum absolute atomic E-state index is 0.119. The van der Waals surface area contributed by atoms with E-state index in [1.807, 2.05) is 12.1 Å². The van der Waals surface area contributed by atoms with Gasteiger partial charge >= 0.3 is 0 Å². The van der Waals surface area contributed by atoms with E-state index < -0.39 is 9.84 Å². The van der Waals surface area contributed by atoms with Crippen molar-refractivity contribution in [3.05, 3.63) is 35.4 Å². The Hall–Kier alpha value is -0.870. The first-order valence-corrected chi connectivity index (χ1v) is 7.87. The van der Waals surface area contributed by atoms with Crippen molar-refractivity contribution in [1.29, 1.82) is 0 Å². The van der Waals surface area contributed by atoms with Crippen LogP contribution in [0.4, 0.5) is 0 Å². The van der Waals surface area contributed by atoms with Gasteiger partial charge in [-0.05, 0) is 30.9 Å². The van der Waals surface area contributed by atoms with Gasteiger partial charge in [-0.1, -0.05) is 24.3 Å². The van der Waals surface area contributed by atoms with Gasteiger partial charge in [-0.25, -0.2) is 8.42 Å². The molecule has 1 aromatic carbocycles. The summed E-state index contributed by atoms with van der Waals surface area (Å²) in [5.74, 6) is 0.647. The summed E-state index contributed by atoms with van der Waals surface area (Å²) >= 11 is 0. The fourth-order valence-electron chi connectivity index (χ4n) is 2.25. The second kappa shape index (κ2) is 5.19. The van der Waals surface area contributed by atoms with E-state index in [0.29, 0.717) is 11.5 Å². The lowest BCUT2D eigenvalue weighted by Gasteiger charge is -2.23. The summed E-state index contributed by atoms with van der Waals surface area (Å²) in [6.45, 7) is 2.83. The molecule has 1 aliphatic rings. The Labute approximate surface area is 103 Å². The molecule has 0 spiro atoms. The third-order valence-corrected chi connectivity index (χ3v) is 5.13. The van der Waals surface area contributed by atoms with Gasteiger partial charge in [0, 0.05) is 12.6 Å². The summed E-state index contributed by atoms with van der Waals surface area (Å²) in [5.41, 5.74) is 2.49. The van der Waals surface area contributed by atoms with E-state index in [4.69, 9.17) is 0 Å². The second-order valence-electron chi connectivity index (χ2n) is 4.76. The predicted molar refractivity (Wildman–Crippen MR) is 69.7 cm³/mol. The van der Waals surface area contributed by atoms with Crippen LogP contribution in [0.3, 0.4) is 0 Å². The molecule has 1 heterocycles. The number of sulfone groups is 1. The minimum atomic E-state index is -2.81. The van der Waals surface area contributed by atoms with Gasteiger partial charge in [0.05, 0.1) is 11.5 Å². The molecule has 0 saturated carbocycles. The summed E-state index contributed by atoms with van der Waals surface area (Å²) in [6.07, 6.45) is 1.75. The fourth-order valence-corrected chi connectivity index (χ4v) is 3.92. The van der Waals surface area contributed by atoms with Gasteiger partial charge in [0.25, 0.3) is 0 Å². The average Bonchev–Trinajstić information content (AvgIpc) is 2.27. The molecule has 4 heteroatoms. The molecule has 1 unspecified atom stereocenters. The summed E-state index contributed by atoms with van der Waals surface area (Å²) < 4.78 is 23.0. The largest absolute Gasteiger partial charge is 0.309 e. The Kier molecular flexibility index (Phi) is 3.84. The van der Waals surface area contributed by atoms with E-state index in [2.05, 4.69) is 24.4 Å². The predicted octanol–water partition coefficient (Wildman–Crippen LogP) is 1.66. The van der Waals surface area contributed by atoms with Gasteiger partial charge in [0.15, 0.2) is 9.84 Å². The number of nitrogens with one attached hydrogen (secondary N) is 1. The summed E-state index contributed by atoms with van der Waals surface area (Å²) in [7, 11) is -2.81. The van der Waals surface area contributed by atoms with Gasteiger partial charge in [0.1, 0.15) is 0 Å². The maximum atomic E-state index is 11.5. The molecule has 0 bridgehead atoms. The maximum absolute atomic E-state index is 11.5. The third kappa shape index (κ3) is 3.54. The smallest absolute Gasteiger partial charge is 0.151 e. The van der Waals surface area contributed by atoms with Crippen LogP contribution >= 0.6 is 0 Å². The van der Waals surface area contributed by atoms with Gasteiger partial charge in [-0.3, -0.25) is 0 Å². The topological polar surface area (TPSA) is 46.2 Å². The van der Waals surface area contributed by atoms with Crippen LogP contribution in [0, 0.1) is 6.92 Å². The number of hydrogen-bond acceptors (Lipinski definition) is 3. The van der Waals surface area contributed by atoms with Crippen LogP contribution < -0.4 is 5.32 Å². The molecule has 1 aromatic rings. The van der Waals surface area contributed by atoms with Gasteiger partial charge in [-0.2, -0.15) is 0 Å². The molecule has 1 fully saturated rings. The molecule has 0 amide bonds. The van der Waals surface area contributed by atoms with Crippen LogP contribution in [0.2, 0.25) is 0 Å². The zero-order chi connectivity index (χ0) is 12.3. The standard InChI is InChI=1S/C13H19NO2S/c1-11-5-2-3-6-12(11)9-14-13-7-4-8-17(15,16)10-13/h2-3,5-6,13-14H,4,7-10H2,1H3. The van der Waals surface area contributed by atoms with E-state index in [9.17, 15) is 8.42 Å². The first-order valence-electron chi connectivity index (χ1n) is 6.05. The zero-order valence-electron chi connectivity index (χ0n) is 10.1. The second-order valence-corrected chi connectivity index (χ2v) is 6.99. The van der Waals surface area contributed by atoms with Crippen molar-refractivity contribution in [3.63, 3.8) is 0 Å². The molecular formula is C13H19NO2S. The van der Waals surface area contributed by atoms with Gasteiger partial charge in [0.2, 0.25) is 0 Å². The number of hydrogen-bond donors (Lipinski definition) is 1. The van der Waals surface area contributed by atoms with Crippen molar-refractivity contribution in [3.8, 4) is 0 Å². The Morgan fingerprint density at radius 3 is 2.82 bits per heavy atom. The van der Waals surface area contributed by atoms with Crippen LogP contribution in [-0.2, 0) is 16.4 Å². The van der Waals surface area contributed by atoms with Crippen LogP contribution in [0.25, 0.3) is 0 Å². The molecule has 0 aromatic heterocycles. The lowest BCUT2D eigenvalue weighted by molar-refractivity contribution is 0.479. The summed E-state index contributed by atoms with van der Waals surface area (Å²) in [6, 6.07) is 8.31. The van der Waals surface area contributed by atoms with E-state index in [-0.39, 0.29) is 6.04 Å². The van der Waals surface area contributed by atoms with Crippen molar-refractivity contribution in [1.82, 2.24) is 5.32 Å². The zero-order valence-corrected chi connectivity index (χ0v) is 11.0. The van der Waals surface area contributed by atoms with Gasteiger partial charge < -0.3 is 5.32 Å². The Morgan fingerprint density at radius 2 is 2.12 bits per heavy atom. The highest BCUT2D eigenvalue weighted by Gasteiger charge is 2.24. The normalized spacial score (nSPS) is 23.5. The van der Waals surface area contributed by atoms with E-state index in [0.717, 1.165) is 19.4 Å². The quantitative estimate of drug-likeness (QED) is 0.891. The van der Waals surface area contributed by atoms with Crippen molar-refractivity contribution < 1.29 is 8.42 Å². The summed E-state index contributed by atoms with van der Waals surface area (Å²) in [5, 5.41) is 3.36. The van der Waals surface area contributed by atoms with Crippen molar-refractivity contribution in [2.75, 3.05) is 11.5 Å². The first kappa shape index (κ1) is 12.6.